The Morgan fingerprint density at radius 2 is 2.27 bits per heavy atom. The summed E-state index contributed by atoms with van der Waals surface area (Å²) in [7, 11) is 0. The van der Waals surface area contributed by atoms with Crippen LogP contribution in [0.3, 0.4) is 0 Å². The first-order chi connectivity index (χ1) is 10.6. The highest BCUT2D eigenvalue weighted by atomic mass is 35.5. The molecule has 2 heterocycles. The summed E-state index contributed by atoms with van der Waals surface area (Å²) in [6, 6.07) is 0.371. The van der Waals surface area contributed by atoms with Gasteiger partial charge in [0, 0.05) is 6.20 Å². The lowest BCUT2D eigenvalue weighted by Gasteiger charge is -2.08. The molecule has 1 aliphatic rings. The number of rotatable bonds is 5. The molecule has 0 aromatic carbocycles. The number of carbonyl (C=O) groups is 1. The fraction of sp³-hybridized carbons (Fsp3) is 0.417. The van der Waals surface area contributed by atoms with Gasteiger partial charge < -0.3 is 5.32 Å². The number of anilines is 1. The highest BCUT2D eigenvalue weighted by molar-refractivity contribution is 7.99. The monoisotopic (exact) mass is 358 g/mol. The van der Waals surface area contributed by atoms with E-state index in [1.807, 2.05) is 0 Å². The second-order valence-electron chi connectivity index (χ2n) is 4.87. The van der Waals surface area contributed by atoms with Gasteiger partial charge in [-0.2, -0.15) is 0 Å². The van der Waals surface area contributed by atoms with Gasteiger partial charge in [-0.05, 0) is 35.8 Å². The van der Waals surface area contributed by atoms with Crippen LogP contribution in [0.5, 0.6) is 0 Å². The van der Waals surface area contributed by atoms with Crippen molar-refractivity contribution in [3.8, 4) is 0 Å². The molecular formula is C12H12Cl2N6OS. The number of thioether (sulfide) groups is 1. The van der Waals surface area contributed by atoms with E-state index in [1.165, 1.54) is 18.0 Å². The van der Waals surface area contributed by atoms with Crippen molar-refractivity contribution in [3.63, 3.8) is 0 Å². The van der Waals surface area contributed by atoms with E-state index in [0.29, 0.717) is 32.6 Å². The van der Waals surface area contributed by atoms with E-state index in [0.717, 1.165) is 12.8 Å². The molecule has 1 amide bonds. The molecule has 2 aromatic heterocycles. The number of nitrogens with zero attached hydrogens (tertiary/aromatic N) is 5. The van der Waals surface area contributed by atoms with Gasteiger partial charge >= 0.3 is 0 Å². The van der Waals surface area contributed by atoms with Crippen LogP contribution in [0.1, 0.15) is 24.4 Å². The van der Waals surface area contributed by atoms with Crippen LogP contribution in [0.25, 0.3) is 0 Å². The second-order valence-corrected chi connectivity index (χ2v) is 6.60. The molecule has 1 fully saturated rings. The van der Waals surface area contributed by atoms with E-state index in [1.54, 1.807) is 11.6 Å². The zero-order chi connectivity index (χ0) is 15.7. The summed E-state index contributed by atoms with van der Waals surface area (Å²) in [5.74, 6) is 0.245. The molecule has 0 spiro atoms. The van der Waals surface area contributed by atoms with Gasteiger partial charge in [0.05, 0.1) is 21.8 Å². The predicted molar refractivity (Wildman–Crippen MR) is 84.4 cm³/mol. The SMILES string of the molecule is Cc1c(Cl)cnc(NC(=O)CSc2nnnn2C2CC2)c1Cl. The molecule has 1 saturated carbocycles. The van der Waals surface area contributed by atoms with Crippen molar-refractivity contribution in [1.82, 2.24) is 25.2 Å². The molecular weight excluding hydrogens is 347 g/mol. The fourth-order valence-corrected chi connectivity index (χ4v) is 2.91. The van der Waals surface area contributed by atoms with Crippen molar-refractivity contribution in [3.05, 3.63) is 21.8 Å². The third-order valence-electron chi connectivity index (χ3n) is 3.15. The van der Waals surface area contributed by atoms with Crippen LogP contribution < -0.4 is 5.32 Å². The second kappa shape index (κ2) is 6.39. The lowest BCUT2D eigenvalue weighted by molar-refractivity contribution is -0.113. The standard InChI is InChI=1S/C12H12Cl2N6OS/c1-6-8(13)4-15-11(10(6)14)16-9(21)5-22-12-17-18-19-20(12)7-2-3-7/h4,7H,2-3,5H2,1H3,(H,15,16,21). The maximum atomic E-state index is 12.0. The zero-order valence-electron chi connectivity index (χ0n) is 11.6. The highest BCUT2D eigenvalue weighted by Gasteiger charge is 2.28. The lowest BCUT2D eigenvalue weighted by atomic mass is 10.3. The maximum Gasteiger partial charge on any atom is 0.236 e. The normalized spacial score (nSPS) is 14.1. The average molecular weight is 359 g/mol. The van der Waals surface area contributed by atoms with Crippen LogP contribution in [0.2, 0.25) is 10.0 Å². The number of amides is 1. The van der Waals surface area contributed by atoms with E-state index >= 15 is 0 Å². The minimum Gasteiger partial charge on any atom is -0.309 e. The minimum absolute atomic E-state index is 0.173. The minimum atomic E-state index is -0.230. The van der Waals surface area contributed by atoms with Crippen LogP contribution in [-0.4, -0.2) is 36.9 Å². The molecule has 3 rings (SSSR count). The summed E-state index contributed by atoms with van der Waals surface area (Å²) in [5.41, 5.74) is 0.680. The Kier molecular flexibility index (Phi) is 4.51. The van der Waals surface area contributed by atoms with Crippen molar-refractivity contribution < 1.29 is 4.79 Å². The van der Waals surface area contributed by atoms with Crippen molar-refractivity contribution in [1.29, 1.82) is 0 Å². The topological polar surface area (TPSA) is 85.6 Å². The number of hydrogen-bond acceptors (Lipinski definition) is 6. The van der Waals surface area contributed by atoms with Crippen molar-refractivity contribution in [2.45, 2.75) is 31.0 Å². The van der Waals surface area contributed by atoms with Crippen molar-refractivity contribution >= 4 is 46.7 Å². The Balaban J connectivity index is 1.61. The van der Waals surface area contributed by atoms with Crippen molar-refractivity contribution in [2.75, 3.05) is 11.1 Å². The van der Waals surface area contributed by atoms with E-state index in [9.17, 15) is 4.79 Å². The average Bonchev–Trinajstić information content (AvgIpc) is 3.24. The molecule has 0 aliphatic heterocycles. The number of aromatic nitrogens is 5. The first-order valence-corrected chi connectivity index (χ1v) is 8.31. The van der Waals surface area contributed by atoms with E-state index in [2.05, 4.69) is 25.8 Å². The molecule has 7 nitrogen and oxygen atoms in total. The van der Waals surface area contributed by atoms with Gasteiger partial charge in [0.1, 0.15) is 0 Å². The Morgan fingerprint density at radius 3 is 3.00 bits per heavy atom. The Labute approximate surface area is 140 Å². The number of pyridine rings is 1. The summed E-state index contributed by atoms with van der Waals surface area (Å²) in [4.78, 5) is 16.0. The molecule has 0 unspecified atom stereocenters. The Morgan fingerprint density at radius 1 is 1.50 bits per heavy atom. The Bertz CT molecular complexity index is 718. The molecule has 1 N–H and O–H groups in total. The summed E-state index contributed by atoms with van der Waals surface area (Å²) < 4.78 is 1.76. The maximum absolute atomic E-state index is 12.0. The van der Waals surface area contributed by atoms with Gasteiger partial charge in [0.2, 0.25) is 11.1 Å². The third kappa shape index (κ3) is 3.34. The number of halogens is 2. The zero-order valence-corrected chi connectivity index (χ0v) is 13.9. The molecule has 0 atom stereocenters. The molecule has 0 bridgehead atoms. The quantitative estimate of drug-likeness (QED) is 0.827. The molecule has 10 heteroatoms. The van der Waals surface area contributed by atoms with Gasteiger partial charge in [-0.15, -0.1) is 5.10 Å². The van der Waals surface area contributed by atoms with Crippen LogP contribution in [0.4, 0.5) is 5.82 Å². The summed E-state index contributed by atoms with van der Waals surface area (Å²) in [5, 5.41) is 15.6. The Hall–Kier alpha value is -1.38. The largest absolute Gasteiger partial charge is 0.309 e. The van der Waals surface area contributed by atoms with Gasteiger partial charge in [-0.25, -0.2) is 9.67 Å². The van der Waals surface area contributed by atoms with E-state index in [-0.39, 0.29) is 11.7 Å². The molecule has 22 heavy (non-hydrogen) atoms. The van der Waals surface area contributed by atoms with Crippen LogP contribution >= 0.6 is 35.0 Å². The number of tetrazole rings is 1. The van der Waals surface area contributed by atoms with Gasteiger partial charge in [0.25, 0.3) is 0 Å². The van der Waals surface area contributed by atoms with Crippen LogP contribution in [-0.2, 0) is 4.79 Å². The van der Waals surface area contributed by atoms with Gasteiger partial charge in [-0.3, -0.25) is 4.79 Å². The predicted octanol–water partition coefficient (Wildman–Crippen LogP) is 2.75. The first kappa shape index (κ1) is 15.5. The molecule has 0 radical (unpaired) electrons. The van der Waals surface area contributed by atoms with E-state index < -0.39 is 0 Å². The summed E-state index contributed by atoms with van der Waals surface area (Å²) >= 11 is 13.3. The summed E-state index contributed by atoms with van der Waals surface area (Å²) in [6.07, 6.45) is 3.61. The van der Waals surface area contributed by atoms with Crippen molar-refractivity contribution in [2.24, 2.45) is 0 Å². The molecule has 0 saturated heterocycles. The first-order valence-electron chi connectivity index (χ1n) is 6.57. The molecule has 2 aromatic rings. The number of carbonyl (C=O) groups excluding carboxylic acids is 1. The highest BCUT2D eigenvalue weighted by Crippen LogP contribution is 2.36. The fourth-order valence-electron chi connectivity index (χ4n) is 1.77. The van der Waals surface area contributed by atoms with Gasteiger partial charge in [0.15, 0.2) is 5.82 Å². The van der Waals surface area contributed by atoms with Crippen LogP contribution in [0, 0.1) is 6.92 Å². The molecule has 1 aliphatic carbocycles. The smallest absolute Gasteiger partial charge is 0.236 e. The summed E-state index contributed by atoms with van der Waals surface area (Å²) in [6.45, 7) is 1.76. The molecule has 116 valence electrons. The third-order valence-corrected chi connectivity index (χ3v) is 4.92. The lowest BCUT2D eigenvalue weighted by Crippen LogP contribution is -2.16. The number of hydrogen-bond donors (Lipinski definition) is 1. The van der Waals surface area contributed by atoms with Crippen LogP contribution in [0.15, 0.2) is 11.4 Å². The number of nitrogens with one attached hydrogen (secondary N) is 1. The van der Waals surface area contributed by atoms with E-state index in [4.69, 9.17) is 23.2 Å². The van der Waals surface area contributed by atoms with Gasteiger partial charge in [-0.1, -0.05) is 35.0 Å².